The van der Waals surface area contributed by atoms with Crippen LogP contribution in [0.2, 0.25) is 0 Å². The van der Waals surface area contributed by atoms with E-state index in [4.69, 9.17) is 0 Å². The fourth-order valence-corrected chi connectivity index (χ4v) is 4.46. The van der Waals surface area contributed by atoms with Crippen LogP contribution in [0.4, 0.5) is 0 Å². The van der Waals surface area contributed by atoms with Gasteiger partial charge in [0.1, 0.15) is 0 Å². The minimum atomic E-state index is -0.236. The third kappa shape index (κ3) is 2.56. The number of nitrogens with one attached hydrogen (secondary N) is 2. The molecule has 0 aromatic rings. The Bertz CT molecular complexity index is 412. The number of hydrogen-bond acceptors (Lipinski definition) is 3. The Hall–Kier alpha value is -1.10. The van der Waals surface area contributed by atoms with Crippen LogP contribution in [-0.4, -0.2) is 48.9 Å². The maximum absolute atomic E-state index is 13.3. The number of likely N-dealkylation sites (tertiary alicyclic amines) is 1. The quantitative estimate of drug-likeness (QED) is 0.812. The number of rotatable bonds is 3. The van der Waals surface area contributed by atoms with Crippen LogP contribution >= 0.6 is 0 Å². The smallest absolute Gasteiger partial charge is 0.230 e. The van der Waals surface area contributed by atoms with E-state index in [1.165, 1.54) is 0 Å². The van der Waals surface area contributed by atoms with Crippen molar-refractivity contribution in [2.45, 2.75) is 51.5 Å². The molecule has 0 aliphatic carbocycles. The van der Waals surface area contributed by atoms with E-state index in [1.807, 2.05) is 4.90 Å². The molecule has 3 aliphatic heterocycles. The molecule has 0 bridgehead atoms. The van der Waals surface area contributed by atoms with Gasteiger partial charge < -0.3 is 15.5 Å². The first-order valence-corrected chi connectivity index (χ1v) is 8.47. The highest BCUT2D eigenvalue weighted by atomic mass is 16.2. The molecule has 3 atom stereocenters. The van der Waals surface area contributed by atoms with Gasteiger partial charge in [-0.25, -0.2) is 0 Å². The van der Waals surface area contributed by atoms with Gasteiger partial charge in [-0.15, -0.1) is 0 Å². The Morgan fingerprint density at radius 2 is 2.29 bits per heavy atom. The number of nitrogens with zero attached hydrogens (tertiary/aromatic N) is 1. The predicted octanol–water partition coefficient (Wildman–Crippen LogP) is 0.893. The Labute approximate surface area is 126 Å². The predicted molar refractivity (Wildman–Crippen MR) is 80.7 cm³/mol. The van der Waals surface area contributed by atoms with Crippen molar-refractivity contribution in [1.29, 1.82) is 0 Å². The van der Waals surface area contributed by atoms with Crippen LogP contribution in [0, 0.1) is 11.3 Å². The van der Waals surface area contributed by atoms with Gasteiger partial charge in [-0.1, -0.05) is 13.3 Å². The lowest BCUT2D eigenvalue weighted by Crippen LogP contribution is -2.57. The summed E-state index contributed by atoms with van der Waals surface area (Å²) in [6.07, 6.45) is 5.93. The largest absolute Gasteiger partial charge is 0.354 e. The van der Waals surface area contributed by atoms with Crippen LogP contribution in [0.25, 0.3) is 0 Å². The SMILES string of the molecule is CCCC1(C(=O)N2CCCC3C(=O)NCC32)CCCNC1. The lowest BCUT2D eigenvalue weighted by molar-refractivity contribution is -0.149. The molecule has 2 N–H and O–H groups in total. The van der Waals surface area contributed by atoms with E-state index in [0.29, 0.717) is 12.5 Å². The van der Waals surface area contributed by atoms with Gasteiger partial charge in [0, 0.05) is 19.6 Å². The number of amides is 2. The molecule has 3 unspecified atom stereocenters. The second kappa shape index (κ2) is 5.95. The summed E-state index contributed by atoms with van der Waals surface area (Å²) in [5, 5.41) is 6.36. The first-order valence-electron chi connectivity index (χ1n) is 8.47. The molecule has 3 rings (SSSR count). The van der Waals surface area contributed by atoms with Gasteiger partial charge in [0.25, 0.3) is 0 Å². The van der Waals surface area contributed by atoms with Gasteiger partial charge in [-0.2, -0.15) is 0 Å². The summed E-state index contributed by atoms with van der Waals surface area (Å²) in [4.78, 5) is 27.2. The lowest BCUT2D eigenvalue weighted by atomic mass is 9.74. The monoisotopic (exact) mass is 293 g/mol. The zero-order chi connectivity index (χ0) is 14.9. The van der Waals surface area contributed by atoms with Crippen molar-refractivity contribution < 1.29 is 9.59 Å². The maximum Gasteiger partial charge on any atom is 0.230 e. The summed E-state index contributed by atoms with van der Waals surface area (Å²) in [5.74, 6) is 0.462. The minimum Gasteiger partial charge on any atom is -0.354 e. The van der Waals surface area contributed by atoms with Crippen LogP contribution in [-0.2, 0) is 9.59 Å². The highest BCUT2D eigenvalue weighted by Gasteiger charge is 2.48. The number of carbonyl (C=O) groups is 2. The van der Waals surface area contributed by atoms with Crippen LogP contribution in [0.5, 0.6) is 0 Å². The summed E-state index contributed by atoms with van der Waals surface area (Å²) in [5.41, 5.74) is -0.236. The van der Waals surface area contributed by atoms with E-state index < -0.39 is 0 Å². The molecular weight excluding hydrogens is 266 g/mol. The fraction of sp³-hybridized carbons (Fsp3) is 0.875. The van der Waals surface area contributed by atoms with E-state index >= 15 is 0 Å². The number of hydrogen-bond donors (Lipinski definition) is 2. The molecule has 5 heteroatoms. The Morgan fingerprint density at radius 1 is 1.43 bits per heavy atom. The third-order valence-electron chi connectivity index (χ3n) is 5.52. The van der Waals surface area contributed by atoms with E-state index in [-0.39, 0.29) is 23.3 Å². The van der Waals surface area contributed by atoms with E-state index in [1.54, 1.807) is 0 Å². The van der Waals surface area contributed by atoms with Gasteiger partial charge in [-0.3, -0.25) is 9.59 Å². The zero-order valence-electron chi connectivity index (χ0n) is 13.0. The minimum absolute atomic E-state index is 0.0259. The van der Waals surface area contributed by atoms with Crippen LogP contribution in [0.15, 0.2) is 0 Å². The summed E-state index contributed by atoms with van der Waals surface area (Å²) >= 11 is 0. The lowest BCUT2D eigenvalue weighted by Gasteiger charge is -2.44. The number of piperidine rings is 2. The van der Waals surface area contributed by atoms with Gasteiger partial charge in [0.2, 0.25) is 11.8 Å². The summed E-state index contributed by atoms with van der Waals surface area (Å²) < 4.78 is 0. The van der Waals surface area contributed by atoms with Gasteiger partial charge in [0.05, 0.1) is 17.4 Å². The highest BCUT2D eigenvalue weighted by Crippen LogP contribution is 2.37. The van der Waals surface area contributed by atoms with Crippen molar-refractivity contribution in [3.05, 3.63) is 0 Å². The second-order valence-electron chi connectivity index (χ2n) is 6.87. The van der Waals surface area contributed by atoms with E-state index in [0.717, 1.165) is 58.2 Å². The van der Waals surface area contributed by atoms with E-state index in [9.17, 15) is 9.59 Å². The second-order valence-corrected chi connectivity index (χ2v) is 6.87. The normalized spacial score (nSPS) is 36.2. The molecule has 2 amide bonds. The maximum atomic E-state index is 13.3. The third-order valence-corrected chi connectivity index (χ3v) is 5.52. The van der Waals surface area contributed by atoms with Crippen LogP contribution < -0.4 is 10.6 Å². The van der Waals surface area contributed by atoms with Crippen molar-refractivity contribution in [2.24, 2.45) is 11.3 Å². The Balaban J connectivity index is 1.80. The topological polar surface area (TPSA) is 61.4 Å². The van der Waals surface area contributed by atoms with Crippen LogP contribution in [0.3, 0.4) is 0 Å². The zero-order valence-corrected chi connectivity index (χ0v) is 13.0. The molecule has 0 aromatic carbocycles. The van der Waals surface area contributed by atoms with Gasteiger partial charge >= 0.3 is 0 Å². The molecule has 0 radical (unpaired) electrons. The molecular formula is C16H27N3O2. The van der Waals surface area contributed by atoms with Crippen molar-refractivity contribution >= 4 is 11.8 Å². The van der Waals surface area contributed by atoms with E-state index in [2.05, 4.69) is 17.6 Å². The molecule has 118 valence electrons. The van der Waals surface area contributed by atoms with Gasteiger partial charge in [0.15, 0.2) is 0 Å². The Kier molecular flexibility index (Phi) is 4.20. The molecule has 5 nitrogen and oxygen atoms in total. The molecule has 0 spiro atoms. The molecule has 0 aromatic heterocycles. The highest BCUT2D eigenvalue weighted by molar-refractivity contribution is 5.87. The average molecular weight is 293 g/mol. The van der Waals surface area contributed by atoms with Gasteiger partial charge in [-0.05, 0) is 38.6 Å². The standard InChI is InChI=1S/C16H27N3O2/c1-2-6-16(7-4-8-17-11-16)15(21)19-9-3-5-12-13(19)10-18-14(12)20/h12-13,17H,2-11H2,1H3,(H,18,20). The molecule has 3 saturated heterocycles. The van der Waals surface area contributed by atoms with Crippen molar-refractivity contribution in [2.75, 3.05) is 26.2 Å². The average Bonchev–Trinajstić information content (AvgIpc) is 2.89. The fourth-order valence-electron chi connectivity index (χ4n) is 4.46. The summed E-state index contributed by atoms with van der Waals surface area (Å²) in [7, 11) is 0. The van der Waals surface area contributed by atoms with Crippen molar-refractivity contribution in [3.8, 4) is 0 Å². The number of carbonyl (C=O) groups excluding carboxylic acids is 2. The summed E-state index contributed by atoms with van der Waals surface area (Å²) in [6.45, 7) is 5.44. The molecule has 3 aliphatic rings. The van der Waals surface area contributed by atoms with Crippen molar-refractivity contribution in [3.63, 3.8) is 0 Å². The molecule has 0 saturated carbocycles. The van der Waals surface area contributed by atoms with Crippen LogP contribution in [0.1, 0.15) is 45.4 Å². The molecule has 21 heavy (non-hydrogen) atoms. The van der Waals surface area contributed by atoms with Crippen molar-refractivity contribution in [1.82, 2.24) is 15.5 Å². The number of fused-ring (bicyclic) bond motifs is 1. The summed E-state index contributed by atoms with van der Waals surface area (Å²) in [6, 6.07) is 0.0920. The molecule has 3 heterocycles. The molecule has 3 fully saturated rings. The Morgan fingerprint density at radius 3 is 3.00 bits per heavy atom. The first-order chi connectivity index (χ1) is 10.2. The first kappa shape index (κ1) is 14.8.